The Morgan fingerprint density at radius 2 is 1.48 bits per heavy atom. The molecular formula is C19H17NO3. The van der Waals surface area contributed by atoms with Crippen LogP contribution in [0.15, 0.2) is 66.1 Å². The average molecular weight is 307 g/mol. The highest BCUT2D eigenvalue weighted by atomic mass is 16.5. The SMILES string of the molecule is COC1=C(NCCc2ccccc2)C(=O)c2ccccc2C1=O. The van der Waals surface area contributed by atoms with Crippen LogP contribution in [0.5, 0.6) is 0 Å². The number of hydrogen-bond donors (Lipinski definition) is 1. The smallest absolute Gasteiger partial charge is 0.230 e. The molecule has 2 aromatic rings. The second-order valence-electron chi connectivity index (χ2n) is 5.27. The van der Waals surface area contributed by atoms with E-state index in [-0.39, 0.29) is 23.0 Å². The van der Waals surface area contributed by atoms with Crippen LogP contribution in [0.25, 0.3) is 0 Å². The van der Waals surface area contributed by atoms with E-state index in [4.69, 9.17) is 4.74 Å². The van der Waals surface area contributed by atoms with Crippen LogP contribution in [0.2, 0.25) is 0 Å². The highest BCUT2D eigenvalue weighted by Gasteiger charge is 2.32. The van der Waals surface area contributed by atoms with Gasteiger partial charge in [0, 0.05) is 17.7 Å². The summed E-state index contributed by atoms with van der Waals surface area (Å²) in [7, 11) is 1.41. The van der Waals surface area contributed by atoms with Crippen LogP contribution in [-0.2, 0) is 11.2 Å². The molecule has 0 atom stereocenters. The minimum absolute atomic E-state index is 0.0850. The molecule has 1 aliphatic carbocycles. The summed E-state index contributed by atoms with van der Waals surface area (Å²) in [4.78, 5) is 25.1. The fourth-order valence-corrected chi connectivity index (χ4v) is 2.68. The van der Waals surface area contributed by atoms with Crippen molar-refractivity contribution >= 4 is 11.6 Å². The van der Waals surface area contributed by atoms with E-state index in [9.17, 15) is 9.59 Å². The molecule has 2 aromatic carbocycles. The summed E-state index contributed by atoms with van der Waals surface area (Å²) in [5.41, 5.74) is 2.21. The molecule has 4 nitrogen and oxygen atoms in total. The van der Waals surface area contributed by atoms with E-state index in [0.717, 1.165) is 12.0 Å². The number of carbonyl (C=O) groups is 2. The summed E-state index contributed by atoms with van der Waals surface area (Å²) in [5, 5.41) is 3.08. The van der Waals surface area contributed by atoms with Gasteiger partial charge in [0.1, 0.15) is 5.70 Å². The van der Waals surface area contributed by atoms with E-state index in [1.54, 1.807) is 24.3 Å². The van der Waals surface area contributed by atoms with Crippen molar-refractivity contribution < 1.29 is 14.3 Å². The fraction of sp³-hybridized carbons (Fsp3) is 0.158. The van der Waals surface area contributed by atoms with Gasteiger partial charge in [-0.05, 0) is 12.0 Å². The molecule has 0 saturated heterocycles. The van der Waals surface area contributed by atoms with Crippen LogP contribution >= 0.6 is 0 Å². The van der Waals surface area contributed by atoms with Crippen LogP contribution in [0, 0.1) is 0 Å². The lowest BCUT2D eigenvalue weighted by atomic mass is 9.91. The Balaban J connectivity index is 1.82. The van der Waals surface area contributed by atoms with E-state index in [2.05, 4.69) is 5.32 Å². The van der Waals surface area contributed by atoms with E-state index < -0.39 is 0 Å². The Morgan fingerprint density at radius 1 is 0.870 bits per heavy atom. The van der Waals surface area contributed by atoms with Gasteiger partial charge in [0.25, 0.3) is 0 Å². The predicted octanol–water partition coefficient (Wildman–Crippen LogP) is 2.76. The van der Waals surface area contributed by atoms with Gasteiger partial charge in [-0.3, -0.25) is 9.59 Å². The van der Waals surface area contributed by atoms with Gasteiger partial charge in [0.05, 0.1) is 7.11 Å². The topological polar surface area (TPSA) is 55.4 Å². The van der Waals surface area contributed by atoms with Crippen molar-refractivity contribution in [2.75, 3.05) is 13.7 Å². The number of benzene rings is 2. The van der Waals surface area contributed by atoms with Crippen molar-refractivity contribution in [3.8, 4) is 0 Å². The first-order valence-corrected chi connectivity index (χ1v) is 7.47. The Hall–Kier alpha value is -2.88. The lowest BCUT2D eigenvalue weighted by molar-refractivity contribution is 0.0899. The normalized spacial score (nSPS) is 13.8. The number of ketones is 2. The van der Waals surface area contributed by atoms with Gasteiger partial charge in [-0.25, -0.2) is 0 Å². The van der Waals surface area contributed by atoms with Crippen LogP contribution in [0.3, 0.4) is 0 Å². The molecule has 0 spiro atoms. The van der Waals surface area contributed by atoms with Crippen LogP contribution < -0.4 is 5.32 Å². The summed E-state index contributed by atoms with van der Waals surface area (Å²) < 4.78 is 5.19. The Labute approximate surface area is 134 Å². The third kappa shape index (κ3) is 2.88. The van der Waals surface area contributed by atoms with Gasteiger partial charge < -0.3 is 10.1 Å². The van der Waals surface area contributed by atoms with Crippen LogP contribution in [0.1, 0.15) is 26.3 Å². The monoisotopic (exact) mass is 307 g/mol. The minimum Gasteiger partial charge on any atom is -0.491 e. The van der Waals surface area contributed by atoms with Gasteiger partial charge in [-0.15, -0.1) is 0 Å². The summed E-state index contributed by atoms with van der Waals surface area (Å²) >= 11 is 0. The summed E-state index contributed by atoms with van der Waals surface area (Å²) in [6.07, 6.45) is 0.754. The zero-order valence-electron chi connectivity index (χ0n) is 12.8. The lowest BCUT2D eigenvalue weighted by Gasteiger charge is -2.20. The van der Waals surface area contributed by atoms with Crippen LogP contribution in [-0.4, -0.2) is 25.2 Å². The highest BCUT2D eigenvalue weighted by molar-refractivity contribution is 6.25. The van der Waals surface area contributed by atoms with E-state index in [1.165, 1.54) is 7.11 Å². The average Bonchev–Trinajstić information content (AvgIpc) is 2.60. The number of fused-ring (bicyclic) bond motifs is 1. The molecule has 4 heteroatoms. The van der Waals surface area contributed by atoms with Gasteiger partial charge in [0.2, 0.25) is 11.6 Å². The van der Waals surface area contributed by atoms with E-state index in [1.807, 2.05) is 30.3 Å². The Kier molecular flexibility index (Phi) is 4.24. The molecule has 1 N–H and O–H groups in total. The number of carbonyl (C=O) groups excluding carboxylic acids is 2. The van der Waals surface area contributed by atoms with Gasteiger partial charge in [0.15, 0.2) is 5.76 Å². The van der Waals surface area contributed by atoms with Crippen molar-refractivity contribution in [3.63, 3.8) is 0 Å². The number of methoxy groups -OCH3 is 1. The summed E-state index contributed by atoms with van der Waals surface area (Å²) in [6, 6.07) is 16.8. The molecule has 0 unspecified atom stereocenters. The van der Waals surface area contributed by atoms with Crippen molar-refractivity contribution in [2.24, 2.45) is 0 Å². The summed E-state index contributed by atoms with van der Waals surface area (Å²) in [6.45, 7) is 0.549. The Bertz CT molecular complexity index is 778. The number of allylic oxidation sites excluding steroid dienone is 2. The maximum atomic E-state index is 12.6. The van der Waals surface area contributed by atoms with E-state index >= 15 is 0 Å². The van der Waals surface area contributed by atoms with E-state index in [0.29, 0.717) is 17.7 Å². The molecule has 116 valence electrons. The zero-order valence-corrected chi connectivity index (χ0v) is 12.8. The first kappa shape index (κ1) is 15.0. The molecule has 0 bridgehead atoms. The third-order valence-corrected chi connectivity index (χ3v) is 3.84. The molecule has 0 saturated carbocycles. The third-order valence-electron chi connectivity index (χ3n) is 3.84. The highest BCUT2D eigenvalue weighted by Crippen LogP contribution is 2.25. The minimum atomic E-state index is -0.259. The Morgan fingerprint density at radius 3 is 2.13 bits per heavy atom. The molecule has 0 fully saturated rings. The number of hydrogen-bond acceptors (Lipinski definition) is 4. The summed E-state index contributed by atoms with van der Waals surface area (Å²) in [5.74, 6) is -0.378. The molecule has 0 aromatic heterocycles. The van der Waals surface area contributed by atoms with Crippen LogP contribution in [0.4, 0.5) is 0 Å². The molecule has 0 amide bonds. The molecular weight excluding hydrogens is 290 g/mol. The standard InChI is InChI=1S/C19H17NO3/c1-23-19-16(20-12-11-13-7-3-2-4-8-13)17(21)14-9-5-6-10-15(14)18(19)22/h2-10,20H,11-12H2,1H3. The maximum absolute atomic E-state index is 12.6. The number of nitrogens with one attached hydrogen (secondary N) is 1. The molecule has 1 aliphatic rings. The first-order chi connectivity index (χ1) is 11.2. The number of Topliss-reactive ketones (excluding diaryl/α,β-unsaturated/α-hetero) is 2. The molecule has 0 aliphatic heterocycles. The quantitative estimate of drug-likeness (QED) is 0.923. The van der Waals surface area contributed by atoms with Crippen molar-refractivity contribution in [1.82, 2.24) is 5.32 Å². The molecule has 3 rings (SSSR count). The van der Waals surface area contributed by atoms with Gasteiger partial charge in [-0.2, -0.15) is 0 Å². The van der Waals surface area contributed by atoms with Gasteiger partial charge in [-0.1, -0.05) is 54.6 Å². The van der Waals surface area contributed by atoms with Crippen molar-refractivity contribution in [2.45, 2.75) is 6.42 Å². The second kappa shape index (κ2) is 6.48. The second-order valence-corrected chi connectivity index (χ2v) is 5.27. The first-order valence-electron chi connectivity index (χ1n) is 7.47. The zero-order chi connectivity index (χ0) is 16.2. The largest absolute Gasteiger partial charge is 0.491 e. The number of ether oxygens (including phenoxy) is 1. The predicted molar refractivity (Wildman–Crippen MR) is 87.3 cm³/mol. The fourth-order valence-electron chi connectivity index (χ4n) is 2.68. The molecule has 0 heterocycles. The molecule has 23 heavy (non-hydrogen) atoms. The lowest BCUT2D eigenvalue weighted by Crippen LogP contribution is -2.32. The molecule has 0 radical (unpaired) electrons. The van der Waals surface area contributed by atoms with Crippen molar-refractivity contribution in [1.29, 1.82) is 0 Å². The van der Waals surface area contributed by atoms with Gasteiger partial charge >= 0.3 is 0 Å². The number of rotatable bonds is 5. The maximum Gasteiger partial charge on any atom is 0.230 e. The van der Waals surface area contributed by atoms with Crippen molar-refractivity contribution in [3.05, 3.63) is 82.7 Å².